The maximum Gasteiger partial charge on any atom is 0.326 e. The molecule has 2 aromatic rings. The van der Waals surface area contributed by atoms with Gasteiger partial charge in [0.05, 0.1) is 12.5 Å². The lowest BCUT2D eigenvalue weighted by Crippen LogP contribution is -2.57. The highest BCUT2D eigenvalue weighted by molar-refractivity contribution is 5.95. The van der Waals surface area contributed by atoms with Crippen LogP contribution in [0.1, 0.15) is 37.7 Å². The van der Waals surface area contributed by atoms with Gasteiger partial charge in [0.25, 0.3) is 0 Å². The van der Waals surface area contributed by atoms with E-state index in [1.807, 2.05) is 18.2 Å². The number of fused-ring (bicyclic) bond motifs is 1. The van der Waals surface area contributed by atoms with Gasteiger partial charge < -0.3 is 59.8 Å². The van der Waals surface area contributed by atoms with Gasteiger partial charge in [-0.15, -0.1) is 0 Å². The summed E-state index contributed by atoms with van der Waals surface area (Å²) in [6, 6.07) is 1.94. The number of carbonyl (C=O) groups excluding carboxylic acids is 3. The number of guanidine groups is 2. The van der Waals surface area contributed by atoms with Gasteiger partial charge in [-0.1, -0.05) is 18.2 Å². The Bertz CT molecular complexity index is 1400. The van der Waals surface area contributed by atoms with Crippen LogP contribution in [0, 0.1) is 0 Å². The number of carbonyl (C=O) groups is 5. The van der Waals surface area contributed by atoms with Gasteiger partial charge in [0.1, 0.15) is 18.1 Å². The average molecular weight is 632 g/mol. The minimum Gasteiger partial charge on any atom is -0.481 e. The predicted octanol–water partition coefficient (Wildman–Crippen LogP) is -2.84. The van der Waals surface area contributed by atoms with Gasteiger partial charge in [0.2, 0.25) is 17.7 Å². The van der Waals surface area contributed by atoms with Crippen LogP contribution >= 0.6 is 0 Å². The first-order valence-corrected chi connectivity index (χ1v) is 14.1. The van der Waals surface area contributed by atoms with Crippen LogP contribution < -0.4 is 44.6 Å². The quantitative estimate of drug-likeness (QED) is 0.0424. The molecule has 0 fully saturated rings. The van der Waals surface area contributed by atoms with E-state index in [2.05, 4.69) is 30.9 Å². The summed E-state index contributed by atoms with van der Waals surface area (Å²) in [5, 5.41) is 27.0. The van der Waals surface area contributed by atoms with Crippen molar-refractivity contribution in [2.45, 2.75) is 62.7 Å². The largest absolute Gasteiger partial charge is 0.481 e. The standard InChI is InChI=1S/C27H41N11O7/c28-16(12-21(39)40)22(41)36-18(7-3-9-33-26(29)30)23(42)38-20(11-14-13-35-17-6-2-1-5-15(14)17)24(43)37-19(25(44)45)8-4-10-34-27(31)32/h1-2,5-6,13,16,18-20,35H,3-4,7-12,28H2,(H,36,41)(H,37,43)(H,38,42)(H,39,40)(H,44,45)(H4,29,30,33)(H4,31,32,34). The number of carboxylic acid groups (broad SMARTS) is 2. The van der Waals surface area contributed by atoms with Crippen molar-refractivity contribution < 1.29 is 34.2 Å². The van der Waals surface area contributed by atoms with Gasteiger partial charge in [-0.25, -0.2) is 4.79 Å². The summed E-state index contributed by atoms with van der Waals surface area (Å²) in [6.07, 6.45) is 1.40. The molecule has 0 radical (unpaired) electrons. The highest BCUT2D eigenvalue weighted by Gasteiger charge is 2.31. The molecule has 45 heavy (non-hydrogen) atoms. The number of nitrogens with two attached hydrogens (primary N) is 5. The van der Waals surface area contributed by atoms with Gasteiger partial charge in [-0.3, -0.25) is 29.2 Å². The van der Waals surface area contributed by atoms with Crippen LogP contribution in [0.3, 0.4) is 0 Å². The molecular formula is C27H41N11O7. The molecule has 4 unspecified atom stereocenters. The minimum atomic E-state index is -1.45. The number of para-hydroxylation sites is 1. The van der Waals surface area contributed by atoms with Gasteiger partial charge in [0.15, 0.2) is 11.9 Å². The van der Waals surface area contributed by atoms with Crippen molar-refractivity contribution >= 4 is 52.5 Å². The molecule has 1 aromatic carbocycles. The third-order valence-corrected chi connectivity index (χ3v) is 6.60. The van der Waals surface area contributed by atoms with Crippen LogP contribution in [-0.2, 0) is 30.4 Å². The number of aromatic amines is 1. The lowest BCUT2D eigenvalue weighted by Gasteiger charge is -2.25. The summed E-state index contributed by atoms with van der Waals surface area (Å²) in [5.74, 6) is -5.44. The fourth-order valence-corrected chi connectivity index (χ4v) is 4.37. The monoisotopic (exact) mass is 631 g/mol. The third-order valence-electron chi connectivity index (χ3n) is 6.60. The zero-order valence-electron chi connectivity index (χ0n) is 24.6. The van der Waals surface area contributed by atoms with Crippen LogP contribution in [0.5, 0.6) is 0 Å². The van der Waals surface area contributed by atoms with Crippen molar-refractivity contribution in [1.82, 2.24) is 20.9 Å². The number of amides is 3. The number of rotatable bonds is 19. The Hall–Kier alpha value is -5.39. The molecule has 1 aromatic heterocycles. The molecule has 0 aliphatic rings. The van der Waals surface area contributed by atoms with Crippen LogP contribution in [0.2, 0.25) is 0 Å². The number of benzene rings is 1. The van der Waals surface area contributed by atoms with Crippen LogP contribution in [0.4, 0.5) is 0 Å². The van der Waals surface area contributed by atoms with Crippen molar-refractivity contribution in [3.05, 3.63) is 36.0 Å². The molecule has 1 heterocycles. The SMILES string of the molecule is NC(N)=NCCCC(NC(=O)C(Cc1c[nH]c2ccccc12)NC(=O)C(CCCN=C(N)N)NC(=O)C(N)CC(=O)O)C(=O)O. The van der Waals surface area contributed by atoms with E-state index in [0.717, 1.165) is 10.9 Å². The fraction of sp³-hybridized carbons (Fsp3) is 0.444. The summed E-state index contributed by atoms with van der Waals surface area (Å²) in [6.45, 7) is 0.255. The Morgan fingerprint density at radius 2 is 1.31 bits per heavy atom. The molecule has 18 heteroatoms. The van der Waals surface area contributed by atoms with Crippen molar-refractivity contribution in [1.29, 1.82) is 0 Å². The Kier molecular flexibility index (Phi) is 14.1. The first-order valence-electron chi connectivity index (χ1n) is 14.1. The van der Waals surface area contributed by atoms with E-state index in [0.29, 0.717) is 5.56 Å². The summed E-state index contributed by atoms with van der Waals surface area (Å²) in [7, 11) is 0. The number of nitrogens with one attached hydrogen (secondary N) is 4. The summed E-state index contributed by atoms with van der Waals surface area (Å²) in [4.78, 5) is 73.4. The molecule has 0 aliphatic carbocycles. The number of aliphatic imine (C=N–C) groups is 2. The summed E-state index contributed by atoms with van der Waals surface area (Å²) in [5.41, 5.74) is 28.4. The van der Waals surface area contributed by atoms with Gasteiger partial charge in [-0.2, -0.15) is 0 Å². The Balaban J connectivity index is 2.32. The molecule has 246 valence electrons. The first kappa shape index (κ1) is 35.8. The Labute approximate surface area is 258 Å². The van der Waals surface area contributed by atoms with Crippen molar-refractivity contribution in [3.63, 3.8) is 0 Å². The van der Waals surface area contributed by atoms with E-state index >= 15 is 0 Å². The Morgan fingerprint density at radius 3 is 1.89 bits per heavy atom. The normalized spacial score (nSPS) is 13.4. The molecule has 0 saturated carbocycles. The van der Waals surface area contributed by atoms with Gasteiger partial charge >= 0.3 is 11.9 Å². The second-order valence-corrected chi connectivity index (χ2v) is 10.2. The van der Waals surface area contributed by atoms with E-state index in [4.69, 9.17) is 33.8 Å². The third kappa shape index (κ3) is 12.4. The van der Waals surface area contributed by atoms with Crippen molar-refractivity contribution in [2.75, 3.05) is 13.1 Å². The van der Waals surface area contributed by atoms with Gasteiger partial charge in [0, 0.05) is 36.6 Å². The maximum atomic E-state index is 13.5. The lowest BCUT2D eigenvalue weighted by atomic mass is 10.0. The fourth-order valence-electron chi connectivity index (χ4n) is 4.37. The van der Waals surface area contributed by atoms with E-state index in [-0.39, 0.29) is 57.1 Å². The molecule has 0 bridgehead atoms. The first-order chi connectivity index (χ1) is 21.3. The molecule has 4 atom stereocenters. The summed E-state index contributed by atoms with van der Waals surface area (Å²) < 4.78 is 0. The predicted molar refractivity (Wildman–Crippen MR) is 165 cm³/mol. The molecule has 0 saturated heterocycles. The molecule has 0 spiro atoms. The number of nitrogens with zero attached hydrogens (tertiary/aromatic N) is 2. The number of H-pyrrole nitrogens is 1. The molecule has 0 aliphatic heterocycles. The summed E-state index contributed by atoms with van der Waals surface area (Å²) >= 11 is 0. The smallest absolute Gasteiger partial charge is 0.326 e. The topological polar surface area (TPSA) is 333 Å². The van der Waals surface area contributed by atoms with Crippen molar-refractivity contribution in [3.8, 4) is 0 Å². The second kappa shape index (κ2) is 17.7. The number of hydrogen-bond donors (Lipinski definition) is 11. The average Bonchev–Trinajstić information content (AvgIpc) is 3.37. The second-order valence-electron chi connectivity index (χ2n) is 10.2. The lowest BCUT2D eigenvalue weighted by molar-refractivity contribution is -0.142. The van der Waals surface area contributed by atoms with Crippen LogP contribution in [0.25, 0.3) is 10.9 Å². The minimum absolute atomic E-state index is 0.00187. The van der Waals surface area contributed by atoms with E-state index in [1.165, 1.54) is 0 Å². The van der Waals surface area contributed by atoms with E-state index in [9.17, 15) is 29.1 Å². The zero-order valence-corrected chi connectivity index (χ0v) is 24.6. The number of carboxylic acids is 2. The van der Waals surface area contributed by atoms with E-state index < -0.39 is 60.2 Å². The molecule has 2 rings (SSSR count). The Morgan fingerprint density at radius 1 is 0.778 bits per heavy atom. The van der Waals surface area contributed by atoms with Crippen LogP contribution in [-0.4, -0.2) is 94.0 Å². The van der Waals surface area contributed by atoms with Crippen molar-refractivity contribution in [2.24, 2.45) is 38.7 Å². The zero-order chi connectivity index (χ0) is 33.5. The highest BCUT2D eigenvalue weighted by Crippen LogP contribution is 2.19. The van der Waals surface area contributed by atoms with E-state index in [1.54, 1.807) is 12.3 Å². The molecule has 18 nitrogen and oxygen atoms in total. The number of hydrogen-bond acceptors (Lipinski definition) is 8. The molecule has 16 N–H and O–H groups in total. The highest BCUT2D eigenvalue weighted by atomic mass is 16.4. The molecular weight excluding hydrogens is 590 g/mol. The number of aromatic nitrogens is 1. The van der Waals surface area contributed by atoms with Crippen LogP contribution in [0.15, 0.2) is 40.4 Å². The molecule has 3 amide bonds. The van der Waals surface area contributed by atoms with Gasteiger partial charge in [-0.05, 0) is 37.3 Å². The number of aliphatic carboxylic acids is 2. The maximum absolute atomic E-state index is 13.5.